The number of allylic oxidation sites excluding steroid dienone is 1. The number of hydrogen-bond acceptors (Lipinski definition) is 5. The van der Waals surface area contributed by atoms with E-state index < -0.39 is 0 Å². The maximum atomic E-state index is 13.1. The van der Waals surface area contributed by atoms with Crippen molar-refractivity contribution in [1.82, 2.24) is 25.0 Å². The summed E-state index contributed by atoms with van der Waals surface area (Å²) in [5, 5.41) is 11.4. The van der Waals surface area contributed by atoms with Crippen LogP contribution >= 0.6 is 11.8 Å². The Kier molecular flexibility index (Phi) is 5.13. The zero-order chi connectivity index (χ0) is 17.8. The molecule has 0 radical (unpaired) electrons. The predicted molar refractivity (Wildman–Crippen MR) is 91.4 cm³/mol. The van der Waals surface area contributed by atoms with Gasteiger partial charge in [0, 0.05) is 25.2 Å². The molecule has 0 bridgehead atoms. The summed E-state index contributed by atoms with van der Waals surface area (Å²) >= 11 is 1.20. The van der Waals surface area contributed by atoms with E-state index in [0.717, 1.165) is 0 Å². The fraction of sp³-hybridized carbons (Fsp3) is 0.250. The molecule has 7 nitrogen and oxygen atoms in total. The lowest BCUT2D eigenvalue weighted by molar-refractivity contribution is -0.124. The molecule has 1 aliphatic rings. The van der Waals surface area contributed by atoms with Crippen LogP contribution in [0.4, 0.5) is 9.18 Å². The molecule has 0 spiro atoms. The molecule has 3 rings (SSSR count). The first kappa shape index (κ1) is 17.2. The molecule has 25 heavy (non-hydrogen) atoms. The number of hydrogen-bond donors (Lipinski definition) is 1. The first-order valence-electron chi connectivity index (χ1n) is 7.61. The topological polar surface area (TPSA) is 80.1 Å². The van der Waals surface area contributed by atoms with Crippen LogP contribution in [-0.2, 0) is 11.3 Å². The van der Waals surface area contributed by atoms with E-state index in [1.807, 2.05) is 0 Å². The molecule has 1 aromatic heterocycles. The number of urea groups is 1. The van der Waals surface area contributed by atoms with Gasteiger partial charge in [-0.1, -0.05) is 17.8 Å². The van der Waals surface area contributed by atoms with Gasteiger partial charge in [-0.05, 0) is 24.3 Å². The fourth-order valence-electron chi connectivity index (χ4n) is 2.42. The first-order valence-corrected chi connectivity index (χ1v) is 8.59. The number of amides is 3. The van der Waals surface area contributed by atoms with E-state index in [4.69, 9.17) is 0 Å². The Morgan fingerprint density at radius 3 is 2.76 bits per heavy atom. The Balaban J connectivity index is 1.77. The van der Waals surface area contributed by atoms with Crippen molar-refractivity contribution in [3.8, 4) is 11.4 Å². The van der Waals surface area contributed by atoms with Crippen molar-refractivity contribution >= 4 is 23.7 Å². The van der Waals surface area contributed by atoms with Crippen LogP contribution in [0, 0.1) is 5.82 Å². The van der Waals surface area contributed by atoms with Crippen LogP contribution in [-0.4, -0.2) is 50.4 Å². The number of halogens is 1. The van der Waals surface area contributed by atoms with Gasteiger partial charge in [0.25, 0.3) is 0 Å². The second-order valence-corrected chi connectivity index (χ2v) is 6.22. The third-order valence-electron chi connectivity index (χ3n) is 3.61. The van der Waals surface area contributed by atoms with Crippen molar-refractivity contribution < 1.29 is 14.0 Å². The van der Waals surface area contributed by atoms with Crippen molar-refractivity contribution in [3.63, 3.8) is 0 Å². The van der Waals surface area contributed by atoms with Crippen LogP contribution in [0.1, 0.15) is 0 Å². The highest BCUT2D eigenvalue weighted by Crippen LogP contribution is 2.24. The molecule has 1 N–H and O–H groups in total. The van der Waals surface area contributed by atoms with Gasteiger partial charge in [0.05, 0.1) is 5.75 Å². The molecule has 0 unspecified atom stereocenters. The summed E-state index contributed by atoms with van der Waals surface area (Å²) in [6, 6.07) is 5.57. The number of carbonyl (C=O) groups excluding carboxylic acids is 2. The van der Waals surface area contributed by atoms with Crippen LogP contribution < -0.4 is 5.32 Å². The molecule has 2 aromatic rings. The van der Waals surface area contributed by atoms with Gasteiger partial charge in [0.15, 0.2) is 11.0 Å². The van der Waals surface area contributed by atoms with Crippen molar-refractivity contribution in [2.75, 3.05) is 18.8 Å². The minimum absolute atomic E-state index is 0.0755. The van der Waals surface area contributed by atoms with E-state index in [9.17, 15) is 14.0 Å². The zero-order valence-corrected chi connectivity index (χ0v) is 14.1. The van der Waals surface area contributed by atoms with Crippen LogP contribution in [0.25, 0.3) is 11.4 Å². The monoisotopic (exact) mass is 361 g/mol. The van der Waals surface area contributed by atoms with Gasteiger partial charge in [-0.3, -0.25) is 14.3 Å². The Morgan fingerprint density at radius 1 is 1.36 bits per heavy atom. The van der Waals surface area contributed by atoms with E-state index in [2.05, 4.69) is 22.1 Å². The minimum Gasteiger partial charge on any atom is -0.336 e. The summed E-state index contributed by atoms with van der Waals surface area (Å²) in [5.41, 5.74) is 0.716. The normalized spacial score (nSPS) is 13.8. The third kappa shape index (κ3) is 3.71. The Labute approximate surface area is 147 Å². The third-order valence-corrected chi connectivity index (χ3v) is 4.57. The standard InChI is InChI=1S/C16H16FN5O2S/c1-2-8-22-14(11-3-5-12(17)6-4-11)19-20-16(22)25-10-13(23)21-9-7-18-15(21)24/h2-6H,1,7-10H2,(H,18,24). The summed E-state index contributed by atoms with van der Waals surface area (Å²) in [7, 11) is 0. The molecule has 0 saturated carbocycles. The number of carbonyl (C=O) groups is 2. The van der Waals surface area contributed by atoms with E-state index >= 15 is 0 Å². The second kappa shape index (κ2) is 7.47. The number of rotatable bonds is 6. The largest absolute Gasteiger partial charge is 0.336 e. The van der Waals surface area contributed by atoms with Crippen molar-refractivity contribution in [1.29, 1.82) is 0 Å². The summed E-state index contributed by atoms with van der Waals surface area (Å²) < 4.78 is 14.9. The smallest absolute Gasteiger partial charge is 0.324 e. The Bertz CT molecular complexity index is 805. The molecule has 3 amide bonds. The number of benzene rings is 1. The van der Waals surface area contributed by atoms with E-state index in [0.29, 0.717) is 36.2 Å². The van der Waals surface area contributed by atoms with Crippen LogP contribution in [0.2, 0.25) is 0 Å². The summed E-state index contributed by atoms with van der Waals surface area (Å²) in [5.74, 6) is 0.0272. The van der Waals surface area contributed by atoms with E-state index in [-0.39, 0.29) is 23.5 Å². The lowest BCUT2D eigenvalue weighted by Crippen LogP contribution is -2.35. The lowest BCUT2D eigenvalue weighted by Gasteiger charge is -2.12. The number of nitrogens with one attached hydrogen (secondary N) is 1. The van der Waals surface area contributed by atoms with Gasteiger partial charge in [0.2, 0.25) is 5.91 Å². The Hall–Kier alpha value is -2.68. The summed E-state index contributed by atoms with van der Waals surface area (Å²) in [6.45, 7) is 5.01. The Morgan fingerprint density at radius 2 is 2.12 bits per heavy atom. The summed E-state index contributed by atoms with van der Waals surface area (Å²) in [6.07, 6.45) is 1.69. The van der Waals surface area contributed by atoms with Gasteiger partial charge < -0.3 is 5.32 Å². The number of thioether (sulfide) groups is 1. The number of aromatic nitrogens is 3. The maximum Gasteiger partial charge on any atom is 0.324 e. The number of nitrogens with zero attached hydrogens (tertiary/aromatic N) is 4. The van der Waals surface area contributed by atoms with Crippen LogP contribution in [0.15, 0.2) is 42.1 Å². The molecular weight excluding hydrogens is 345 g/mol. The molecule has 1 aromatic carbocycles. The molecule has 130 valence electrons. The molecule has 0 aliphatic carbocycles. The second-order valence-electron chi connectivity index (χ2n) is 5.28. The van der Waals surface area contributed by atoms with E-state index in [1.54, 1.807) is 22.8 Å². The lowest BCUT2D eigenvalue weighted by atomic mass is 10.2. The van der Waals surface area contributed by atoms with E-state index in [1.165, 1.54) is 28.8 Å². The molecular formula is C16H16FN5O2S. The van der Waals surface area contributed by atoms with Crippen LogP contribution in [0.3, 0.4) is 0 Å². The van der Waals surface area contributed by atoms with Gasteiger partial charge in [-0.15, -0.1) is 16.8 Å². The average molecular weight is 361 g/mol. The van der Waals surface area contributed by atoms with Gasteiger partial charge in [-0.2, -0.15) is 0 Å². The fourth-order valence-corrected chi connectivity index (χ4v) is 3.24. The minimum atomic E-state index is -0.370. The molecule has 1 fully saturated rings. The highest BCUT2D eigenvalue weighted by Gasteiger charge is 2.26. The predicted octanol–water partition coefficient (Wildman–Crippen LogP) is 1.91. The summed E-state index contributed by atoms with van der Waals surface area (Å²) in [4.78, 5) is 24.8. The van der Waals surface area contributed by atoms with Crippen molar-refractivity contribution in [2.24, 2.45) is 0 Å². The van der Waals surface area contributed by atoms with Crippen LogP contribution in [0.5, 0.6) is 0 Å². The molecule has 9 heteroatoms. The SMILES string of the molecule is C=CCn1c(SCC(=O)N2CCNC2=O)nnc1-c1ccc(F)cc1. The van der Waals surface area contributed by atoms with Gasteiger partial charge >= 0.3 is 6.03 Å². The maximum absolute atomic E-state index is 13.1. The highest BCUT2D eigenvalue weighted by molar-refractivity contribution is 7.99. The average Bonchev–Trinajstić information content (AvgIpc) is 3.20. The zero-order valence-electron chi connectivity index (χ0n) is 13.3. The molecule has 0 atom stereocenters. The number of imide groups is 1. The van der Waals surface area contributed by atoms with Crippen molar-refractivity contribution in [2.45, 2.75) is 11.7 Å². The molecule has 1 saturated heterocycles. The van der Waals surface area contributed by atoms with Crippen molar-refractivity contribution in [3.05, 3.63) is 42.7 Å². The highest BCUT2D eigenvalue weighted by atomic mass is 32.2. The quantitative estimate of drug-likeness (QED) is 0.628. The van der Waals surface area contributed by atoms with Gasteiger partial charge in [-0.25, -0.2) is 9.18 Å². The molecule has 2 heterocycles. The first-order chi connectivity index (χ1) is 12.1. The van der Waals surface area contributed by atoms with Gasteiger partial charge in [0.1, 0.15) is 5.82 Å². The molecule has 1 aliphatic heterocycles.